The Labute approximate surface area is 152 Å². The van der Waals surface area contributed by atoms with Crippen molar-refractivity contribution < 1.29 is 14.3 Å². The van der Waals surface area contributed by atoms with Crippen LogP contribution in [-0.4, -0.2) is 22.9 Å². The summed E-state index contributed by atoms with van der Waals surface area (Å²) in [6.07, 6.45) is 1.53. The van der Waals surface area contributed by atoms with Gasteiger partial charge in [-0.1, -0.05) is 37.6 Å². The van der Waals surface area contributed by atoms with Crippen molar-refractivity contribution in [2.24, 2.45) is 5.92 Å². The van der Waals surface area contributed by atoms with E-state index in [1.54, 1.807) is 30.3 Å². The number of ketones is 1. The van der Waals surface area contributed by atoms with Crippen LogP contribution in [-0.2, 0) is 16.1 Å². The number of fused-ring (bicyclic) bond motifs is 1. The molecule has 0 saturated carbocycles. The maximum Gasteiger partial charge on any atom is 0.315 e. The van der Waals surface area contributed by atoms with Crippen molar-refractivity contribution in [1.29, 1.82) is 0 Å². The summed E-state index contributed by atoms with van der Waals surface area (Å²) in [4.78, 5) is 25.1. The molecule has 0 spiro atoms. The third kappa shape index (κ3) is 3.79. The summed E-state index contributed by atoms with van der Waals surface area (Å²) in [5.74, 6) is -0.0583. The predicted molar refractivity (Wildman–Crippen MR) is 97.1 cm³/mol. The van der Waals surface area contributed by atoms with Gasteiger partial charge in [0.05, 0.1) is 18.2 Å². The highest BCUT2D eigenvalue weighted by molar-refractivity contribution is 6.31. The fourth-order valence-electron chi connectivity index (χ4n) is 3.15. The van der Waals surface area contributed by atoms with Gasteiger partial charge in [0, 0.05) is 22.8 Å². The normalized spacial score (nSPS) is 16.1. The SMILES string of the molecule is CC(C)CCOC(=O)C1CCn2c(C(=O)c3cccc(Cl)c3)ccc21. The second kappa shape index (κ2) is 7.44. The molecule has 5 heteroatoms. The van der Waals surface area contributed by atoms with E-state index in [0.29, 0.717) is 41.8 Å². The summed E-state index contributed by atoms with van der Waals surface area (Å²) >= 11 is 5.98. The zero-order chi connectivity index (χ0) is 18.0. The van der Waals surface area contributed by atoms with E-state index in [1.165, 1.54) is 0 Å². The lowest BCUT2D eigenvalue weighted by molar-refractivity contribution is -0.145. The number of halogens is 1. The van der Waals surface area contributed by atoms with Crippen LogP contribution in [0.2, 0.25) is 5.02 Å². The Balaban J connectivity index is 1.75. The smallest absolute Gasteiger partial charge is 0.315 e. The van der Waals surface area contributed by atoms with Gasteiger partial charge in [0.2, 0.25) is 5.78 Å². The first-order chi connectivity index (χ1) is 12.0. The molecule has 2 aromatic rings. The number of hydrogen-bond acceptors (Lipinski definition) is 3. The highest BCUT2D eigenvalue weighted by Crippen LogP contribution is 2.32. The minimum atomic E-state index is -0.284. The molecule has 0 saturated heterocycles. The Bertz CT molecular complexity index is 794. The number of carbonyl (C=O) groups excluding carboxylic acids is 2. The van der Waals surface area contributed by atoms with Gasteiger partial charge in [-0.25, -0.2) is 0 Å². The van der Waals surface area contributed by atoms with E-state index in [2.05, 4.69) is 13.8 Å². The molecular weight excluding hydrogens is 338 g/mol. The molecule has 0 aliphatic carbocycles. The molecule has 1 aromatic carbocycles. The van der Waals surface area contributed by atoms with Crippen LogP contribution >= 0.6 is 11.6 Å². The van der Waals surface area contributed by atoms with Gasteiger partial charge in [-0.05, 0) is 43.0 Å². The first-order valence-electron chi connectivity index (χ1n) is 8.63. The van der Waals surface area contributed by atoms with Gasteiger partial charge in [0.15, 0.2) is 0 Å². The van der Waals surface area contributed by atoms with Gasteiger partial charge in [0.1, 0.15) is 0 Å². The maximum absolute atomic E-state index is 12.7. The zero-order valence-corrected chi connectivity index (χ0v) is 15.3. The Morgan fingerprint density at radius 3 is 2.80 bits per heavy atom. The van der Waals surface area contributed by atoms with Gasteiger partial charge in [-0.3, -0.25) is 9.59 Å². The quantitative estimate of drug-likeness (QED) is 0.565. The summed E-state index contributed by atoms with van der Waals surface area (Å²) in [6.45, 7) is 5.29. The molecule has 1 atom stereocenters. The first kappa shape index (κ1) is 17.7. The maximum atomic E-state index is 12.7. The summed E-state index contributed by atoms with van der Waals surface area (Å²) < 4.78 is 7.34. The van der Waals surface area contributed by atoms with Crippen molar-refractivity contribution in [3.63, 3.8) is 0 Å². The number of ether oxygens (including phenoxy) is 1. The van der Waals surface area contributed by atoms with Crippen LogP contribution < -0.4 is 0 Å². The van der Waals surface area contributed by atoms with E-state index in [9.17, 15) is 9.59 Å². The van der Waals surface area contributed by atoms with Gasteiger partial charge >= 0.3 is 5.97 Å². The van der Waals surface area contributed by atoms with Crippen LogP contribution in [0.1, 0.15) is 54.4 Å². The van der Waals surface area contributed by atoms with Crippen molar-refractivity contribution in [3.05, 3.63) is 58.4 Å². The molecule has 25 heavy (non-hydrogen) atoms. The summed E-state index contributed by atoms with van der Waals surface area (Å²) in [7, 11) is 0. The average Bonchev–Trinajstić information content (AvgIpc) is 3.15. The topological polar surface area (TPSA) is 48.3 Å². The number of nitrogens with zero attached hydrogens (tertiary/aromatic N) is 1. The Kier molecular flexibility index (Phi) is 5.28. The minimum Gasteiger partial charge on any atom is -0.465 e. The lowest BCUT2D eigenvalue weighted by atomic mass is 10.1. The average molecular weight is 360 g/mol. The molecular formula is C20H22ClNO3. The second-order valence-electron chi connectivity index (χ2n) is 6.83. The Hall–Kier alpha value is -2.07. The molecule has 1 unspecified atom stereocenters. The lowest BCUT2D eigenvalue weighted by Gasteiger charge is -2.11. The number of rotatable bonds is 6. The second-order valence-corrected chi connectivity index (χ2v) is 7.26. The van der Waals surface area contributed by atoms with Gasteiger partial charge < -0.3 is 9.30 Å². The van der Waals surface area contributed by atoms with Crippen molar-refractivity contribution in [3.8, 4) is 0 Å². The number of carbonyl (C=O) groups is 2. The van der Waals surface area contributed by atoms with Crippen LogP contribution in [0.25, 0.3) is 0 Å². The van der Waals surface area contributed by atoms with E-state index in [1.807, 2.05) is 10.6 Å². The number of aromatic nitrogens is 1. The highest BCUT2D eigenvalue weighted by Gasteiger charge is 2.33. The Morgan fingerprint density at radius 2 is 2.08 bits per heavy atom. The zero-order valence-electron chi connectivity index (χ0n) is 14.5. The highest BCUT2D eigenvalue weighted by atomic mass is 35.5. The van der Waals surface area contributed by atoms with Crippen molar-refractivity contribution in [1.82, 2.24) is 4.57 Å². The molecule has 0 N–H and O–H groups in total. The summed E-state index contributed by atoms with van der Waals surface area (Å²) in [5.41, 5.74) is 2.01. The monoisotopic (exact) mass is 359 g/mol. The molecule has 1 aliphatic rings. The van der Waals surface area contributed by atoms with Crippen molar-refractivity contribution in [2.75, 3.05) is 6.61 Å². The van der Waals surface area contributed by atoms with Gasteiger partial charge in [0.25, 0.3) is 0 Å². The molecule has 0 bridgehead atoms. The number of hydrogen-bond donors (Lipinski definition) is 0. The van der Waals surface area contributed by atoms with E-state index in [-0.39, 0.29) is 17.7 Å². The molecule has 132 valence electrons. The molecule has 2 heterocycles. The molecule has 1 aliphatic heterocycles. The van der Waals surface area contributed by atoms with Gasteiger partial charge in [-0.2, -0.15) is 0 Å². The van der Waals surface area contributed by atoms with Crippen LogP contribution in [0.15, 0.2) is 36.4 Å². The van der Waals surface area contributed by atoms with Crippen molar-refractivity contribution >= 4 is 23.4 Å². The fraction of sp³-hybridized carbons (Fsp3) is 0.400. The molecule has 0 fully saturated rings. The van der Waals surface area contributed by atoms with E-state index in [4.69, 9.17) is 16.3 Å². The van der Waals surface area contributed by atoms with Crippen LogP contribution in [0.3, 0.4) is 0 Å². The van der Waals surface area contributed by atoms with Crippen LogP contribution in [0.4, 0.5) is 0 Å². The first-order valence-corrected chi connectivity index (χ1v) is 9.01. The van der Waals surface area contributed by atoms with Gasteiger partial charge in [-0.15, -0.1) is 0 Å². The molecule has 3 rings (SSSR count). The minimum absolute atomic E-state index is 0.0809. The summed E-state index contributed by atoms with van der Waals surface area (Å²) in [6, 6.07) is 10.6. The predicted octanol–water partition coefficient (Wildman–Crippen LogP) is 4.45. The van der Waals surface area contributed by atoms with Crippen molar-refractivity contribution in [2.45, 2.75) is 39.2 Å². The number of esters is 1. The van der Waals surface area contributed by atoms with E-state index < -0.39 is 0 Å². The standard InChI is InChI=1S/C20H22ClNO3/c1-13(2)9-11-25-20(24)16-8-10-22-17(16)6-7-18(22)19(23)14-4-3-5-15(21)12-14/h3-7,12-13,16H,8-11H2,1-2H3. The molecule has 0 amide bonds. The number of benzene rings is 1. The largest absolute Gasteiger partial charge is 0.465 e. The van der Waals surface area contributed by atoms with Crippen LogP contribution in [0.5, 0.6) is 0 Å². The fourth-order valence-corrected chi connectivity index (χ4v) is 3.34. The van der Waals surface area contributed by atoms with E-state index >= 15 is 0 Å². The summed E-state index contributed by atoms with van der Waals surface area (Å²) in [5, 5.41) is 0.533. The Morgan fingerprint density at radius 1 is 1.28 bits per heavy atom. The third-order valence-electron chi connectivity index (χ3n) is 4.56. The molecule has 0 radical (unpaired) electrons. The van der Waals surface area contributed by atoms with Crippen LogP contribution in [0, 0.1) is 5.92 Å². The molecule has 1 aromatic heterocycles. The lowest BCUT2D eigenvalue weighted by Crippen LogP contribution is -2.15. The third-order valence-corrected chi connectivity index (χ3v) is 4.79. The van der Waals surface area contributed by atoms with E-state index in [0.717, 1.165) is 12.1 Å². The molecule has 4 nitrogen and oxygen atoms in total.